The normalized spacial score (nSPS) is 25.8. The standard InChI is InChI=1S/C26H31N3O2/c1-16-10-11-19-12-14-29-22(15-21-20(26(29)31)9-6-13-27-21)24(19)23(16)25(30)28-17(2)18-7-4-3-5-8-18/h3-5,7-8,10-11,17,20-22,27H,6,9,12-15H2,1-2H3,(H,28,30)/t17-,20-,21-,22+/m1/s1. The summed E-state index contributed by atoms with van der Waals surface area (Å²) >= 11 is 0. The summed E-state index contributed by atoms with van der Waals surface area (Å²) in [5.41, 5.74) is 5.11. The van der Waals surface area contributed by atoms with E-state index in [0.717, 1.165) is 61.0 Å². The fourth-order valence-corrected chi connectivity index (χ4v) is 5.78. The zero-order valence-corrected chi connectivity index (χ0v) is 18.4. The van der Waals surface area contributed by atoms with Gasteiger partial charge in [0.15, 0.2) is 0 Å². The van der Waals surface area contributed by atoms with Crippen LogP contribution in [0, 0.1) is 12.8 Å². The molecule has 5 nitrogen and oxygen atoms in total. The number of hydrogen-bond donors (Lipinski definition) is 2. The molecule has 31 heavy (non-hydrogen) atoms. The van der Waals surface area contributed by atoms with E-state index in [1.54, 1.807) is 0 Å². The van der Waals surface area contributed by atoms with Crippen LogP contribution in [-0.4, -0.2) is 35.8 Å². The number of nitrogens with one attached hydrogen (secondary N) is 2. The van der Waals surface area contributed by atoms with Gasteiger partial charge in [-0.3, -0.25) is 9.59 Å². The summed E-state index contributed by atoms with van der Waals surface area (Å²) in [6.07, 6.45) is 3.74. The van der Waals surface area contributed by atoms with Gasteiger partial charge in [0.2, 0.25) is 5.91 Å². The molecular formula is C26H31N3O2. The molecule has 5 heteroatoms. The van der Waals surface area contributed by atoms with Crippen molar-refractivity contribution in [2.75, 3.05) is 13.1 Å². The molecule has 0 saturated carbocycles. The van der Waals surface area contributed by atoms with Crippen molar-refractivity contribution in [2.45, 2.75) is 57.7 Å². The first kappa shape index (κ1) is 20.3. The fourth-order valence-electron chi connectivity index (χ4n) is 5.78. The van der Waals surface area contributed by atoms with Gasteiger partial charge in [-0.2, -0.15) is 0 Å². The van der Waals surface area contributed by atoms with Crippen molar-refractivity contribution < 1.29 is 9.59 Å². The van der Waals surface area contributed by atoms with Crippen LogP contribution in [0.2, 0.25) is 0 Å². The molecule has 3 heterocycles. The smallest absolute Gasteiger partial charge is 0.252 e. The van der Waals surface area contributed by atoms with Gasteiger partial charge >= 0.3 is 0 Å². The van der Waals surface area contributed by atoms with E-state index in [2.05, 4.69) is 27.7 Å². The fraction of sp³-hybridized carbons (Fsp3) is 0.462. The molecule has 3 aliphatic rings. The van der Waals surface area contributed by atoms with Gasteiger partial charge in [-0.05, 0) is 68.3 Å². The molecule has 2 N–H and O–H groups in total. The summed E-state index contributed by atoms with van der Waals surface area (Å²) in [6, 6.07) is 14.4. The molecule has 2 aromatic carbocycles. The highest BCUT2D eigenvalue weighted by Gasteiger charge is 2.46. The Morgan fingerprint density at radius 2 is 2.00 bits per heavy atom. The molecule has 0 bridgehead atoms. The van der Waals surface area contributed by atoms with Gasteiger partial charge in [0.1, 0.15) is 0 Å². The molecule has 2 fully saturated rings. The number of nitrogens with zero attached hydrogens (tertiary/aromatic N) is 1. The van der Waals surface area contributed by atoms with Crippen molar-refractivity contribution >= 4 is 11.8 Å². The number of benzene rings is 2. The lowest BCUT2D eigenvalue weighted by Gasteiger charge is -2.49. The molecule has 0 spiro atoms. The third-order valence-corrected chi connectivity index (χ3v) is 7.41. The summed E-state index contributed by atoms with van der Waals surface area (Å²) in [6.45, 7) is 5.76. The Hall–Kier alpha value is -2.66. The Labute approximate surface area is 184 Å². The van der Waals surface area contributed by atoms with Crippen LogP contribution in [0.25, 0.3) is 0 Å². The van der Waals surface area contributed by atoms with Gasteiger partial charge in [-0.1, -0.05) is 42.5 Å². The Morgan fingerprint density at radius 1 is 1.19 bits per heavy atom. The average molecular weight is 418 g/mol. The van der Waals surface area contributed by atoms with Crippen molar-refractivity contribution in [3.05, 3.63) is 70.3 Å². The minimum Gasteiger partial charge on any atom is -0.346 e. The summed E-state index contributed by atoms with van der Waals surface area (Å²) in [5, 5.41) is 6.79. The number of rotatable bonds is 3. The second-order valence-electron chi connectivity index (χ2n) is 9.28. The van der Waals surface area contributed by atoms with Crippen LogP contribution in [0.3, 0.4) is 0 Å². The topological polar surface area (TPSA) is 61.4 Å². The maximum atomic E-state index is 13.5. The predicted octanol–water partition coefficient (Wildman–Crippen LogP) is 3.68. The third kappa shape index (κ3) is 3.55. The Balaban J connectivity index is 1.49. The second-order valence-corrected chi connectivity index (χ2v) is 9.28. The molecule has 2 saturated heterocycles. The van der Waals surface area contributed by atoms with E-state index < -0.39 is 0 Å². The molecule has 5 rings (SSSR count). The minimum atomic E-state index is -0.0824. The number of piperidine rings is 2. The number of amides is 2. The first-order chi connectivity index (χ1) is 15.0. The van der Waals surface area contributed by atoms with Crippen LogP contribution in [0.5, 0.6) is 0 Å². The van der Waals surface area contributed by atoms with E-state index in [4.69, 9.17) is 0 Å². The molecule has 2 aromatic rings. The van der Waals surface area contributed by atoms with Crippen molar-refractivity contribution in [1.29, 1.82) is 0 Å². The Morgan fingerprint density at radius 3 is 2.81 bits per heavy atom. The second kappa shape index (κ2) is 8.12. The summed E-state index contributed by atoms with van der Waals surface area (Å²) in [7, 11) is 0. The van der Waals surface area contributed by atoms with Crippen molar-refractivity contribution in [3.63, 3.8) is 0 Å². The van der Waals surface area contributed by atoms with Crippen LogP contribution in [0.4, 0.5) is 0 Å². The van der Waals surface area contributed by atoms with Gasteiger partial charge in [0.25, 0.3) is 5.91 Å². The quantitative estimate of drug-likeness (QED) is 0.801. The molecule has 4 atom stereocenters. The maximum absolute atomic E-state index is 13.5. The summed E-state index contributed by atoms with van der Waals surface area (Å²) in [5.74, 6) is 0.315. The van der Waals surface area contributed by atoms with Crippen LogP contribution in [-0.2, 0) is 11.2 Å². The largest absolute Gasteiger partial charge is 0.346 e. The van der Waals surface area contributed by atoms with Gasteiger partial charge in [0.05, 0.1) is 18.0 Å². The van der Waals surface area contributed by atoms with Gasteiger partial charge in [-0.25, -0.2) is 0 Å². The van der Waals surface area contributed by atoms with E-state index in [1.165, 1.54) is 5.56 Å². The highest BCUT2D eigenvalue weighted by atomic mass is 16.2. The Kier molecular flexibility index (Phi) is 5.30. The number of carbonyl (C=O) groups is 2. The van der Waals surface area contributed by atoms with Crippen molar-refractivity contribution in [2.24, 2.45) is 5.92 Å². The van der Waals surface area contributed by atoms with Gasteiger partial charge in [0, 0.05) is 18.2 Å². The SMILES string of the molecule is Cc1ccc2c(c1C(=O)N[C@H](C)c1ccccc1)[C@@H]1C[C@H]3NCCC[C@H]3C(=O)N1CC2. The number of hydrogen-bond acceptors (Lipinski definition) is 3. The minimum absolute atomic E-state index is 0.0178. The van der Waals surface area contributed by atoms with Gasteiger partial charge < -0.3 is 15.5 Å². The van der Waals surface area contributed by atoms with Crippen LogP contribution < -0.4 is 10.6 Å². The molecule has 0 aromatic heterocycles. The molecule has 0 radical (unpaired) electrons. The molecule has 162 valence electrons. The number of carbonyl (C=O) groups excluding carboxylic acids is 2. The third-order valence-electron chi connectivity index (χ3n) is 7.41. The molecule has 3 aliphatic heterocycles. The van der Waals surface area contributed by atoms with Crippen LogP contribution in [0.15, 0.2) is 42.5 Å². The maximum Gasteiger partial charge on any atom is 0.252 e. The van der Waals surface area contributed by atoms with E-state index in [9.17, 15) is 9.59 Å². The van der Waals surface area contributed by atoms with E-state index in [1.807, 2.05) is 44.2 Å². The molecule has 0 aliphatic carbocycles. The lowest BCUT2D eigenvalue weighted by atomic mass is 9.75. The highest BCUT2D eigenvalue weighted by molar-refractivity contribution is 5.98. The average Bonchev–Trinajstić information content (AvgIpc) is 2.79. The number of fused-ring (bicyclic) bond motifs is 4. The predicted molar refractivity (Wildman–Crippen MR) is 121 cm³/mol. The summed E-state index contributed by atoms with van der Waals surface area (Å²) < 4.78 is 0. The molecule has 2 amide bonds. The van der Waals surface area contributed by atoms with E-state index in [-0.39, 0.29) is 35.9 Å². The molecular weight excluding hydrogens is 386 g/mol. The van der Waals surface area contributed by atoms with Crippen molar-refractivity contribution in [3.8, 4) is 0 Å². The first-order valence-corrected chi connectivity index (χ1v) is 11.6. The van der Waals surface area contributed by atoms with E-state index >= 15 is 0 Å². The highest BCUT2D eigenvalue weighted by Crippen LogP contribution is 2.43. The lowest BCUT2D eigenvalue weighted by Crippen LogP contribution is -2.58. The van der Waals surface area contributed by atoms with E-state index in [0.29, 0.717) is 0 Å². The monoisotopic (exact) mass is 417 g/mol. The van der Waals surface area contributed by atoms with Crippen LogP contribution in [0.1, 0.15) is 70.9 Å². The Bertz CT molecular complexity index is 1000. The van der Waals surface area contributed by atoms with Crippen LogP contribution >= 0.6 is 0 Å². The zero-order chi connectivity index (χ0) is 21.5. The number of aryl methyl sites for hydroxylation is 1. The summed E-state index contributed by atoms with van der Waals surface area (Å²) in [4.78, 5) is 28.9. The molecule has 0 unspecified atom stereocenters. The lowest BCUT2D eigenvalue weighted by molar-refractivity contribution is -0.145. The zero-order valence-electron chi connectivity index (χ0n) is 18.4. The van der Waals surface area contributed by atoms with Crippen molar-refractivity contribution in [1.82, 2.24) is 15.5 Å². The first-order valence-electron chi connectivity index (χ1n) is 11.6. The van der Waals surface area contributed by atoms with Gasteiger partial charge in [-0.15, -0.1) is 0 Å².